The third-order valence-electron chi connectivity index (χ3n) is 4.34. The topological polar surface area (TPSA) is 63.0 Å². The number of fused-ring (bicyclic) bond motifs is 1. The Bertz CT molecular complexity index is 889. The number of aliphatic hydroxyl groups excluding tert-OH is 1. The molecule has 3 aromatic rings. The molecule has 0 saturated carbocycles. The second kappa shape index (κ2) is 6.77. The molecular weight excluding hydrogens is 332 g/mol. The highest BCUT2D eigenvalue weighted by Gasteiger charge is 2.19. The highest BCUT2D eigenvalue weighted by Crippen LogP contribution is 2.32. The molecule has 3 rings (SSSR count). The fourth-order valence-corrected chi connectivity index (χ4v) is 3.91. The zero-order valence-electron chi connectivity index (χ0n) is 15.6. The van der Waals surface area contributed by atoms with Crippen LogP contribution in [-0.2, 0) is 18.5 Å². The van der Waals surface area contributed by atoms with Crippen molar-refractivity contribution in [1.29, 1.82) is 0 Å². The second-order valence-corrected chi connectivity index (χ2v) is 8.43. The van der Waals surface area contributed by atoms with Gasteiger partial charge in [0, 0.05) is 28.9 Å². The fraction of sp³-hybridized carbons (Fsp3) is 0.474. The molecule has 0 bridgehead atoms. The van der Waals surface area contributed by atoms with E-state index in [-0.39, 0.29) is 12.0 Å². The molecule has 0 unspecified atom stereocenters. The van der Waals surface area contributed by atoms with Crippen molar-refractivity contribution >= 4 is 27.2 Å². The Morgan fingerprint density at radius 1 is 1.24 bits per heavy atom. The summed E-state index contributed by atoms with van der Waals surface area (Å²) in [6.45, 7) is 12.0. The van der Waals surface area contributed by atoms with Gasteiger partial charge in [0.25, 0.3) is 0 Å². The lowest BCUT2D eigenvalue weighted by Gasteiger charge is -2.13. The number of thiazole rings is 1. The van der Waals surface area contributed by atoms with Crippen LogP contribution in [0.2, 0.25) is 0 Å². The molecule has 0 radical (unpaired) electrons. The third kappa shape index (κ3) is 3.70. The minimum absolute atomic E-state index is 0.0762. The summed E-state index contributed by atoms with van der Waals surface area (Å²) in [6.07, 6.45) is 0. The van der Waals surface area contributed by atoms with Gasteiger partial charge in [-0.1, -0.05) is 20.8 Å². The van der Waals surface area contributed by atoms with E-state index in [2.05, 4.69) is 56.3 Å². The Balaban J connectivity index is 1.80. The molecule has 0 spiro atoms. The van der Waals surface area contributed by atoms with E-state index in [0.29, 0.717) is 6.54 Å². The molecule has 0 atom stereocenters. The lowest BCUT2D eigenvalue weighted by Crippen LogP contribution is -2.09. The van der Waals surface area contributed by atoms with Gasteiger partial charge < -0.3 is 10.4 Å². The van der Waals surface area contributed by atoms with Gasteiger partial charge in [0.05, 0.1) is 34.1 Å². The predicted octanol–water partition coefficient (Wildman–Crippen LogP) is 4.01. The molecule has 2 N–H and O–H groups in total. The van der Waals surface area contributed by atoms with E-state index in [0.717, 1.165) is 34.1 Å². The molecule has 0 amide bonds. The van der Waals surface area contributed by atoms with Crippen molar-refractivity contribution in [2.24, 2.45) is 0 Å². The molecule has 1 aromatic carbocycles. The summed E-state index contributed by atoms with van der Waals surface area (Å²) in [6, 6.07) is 6.33. The number of nitrogens with zero attached hydrogens (tertiary/aromatic N) is 3. The molecule has 2 aromatic heterocycles. The number of hydrogen-bond acceptors (Lipinski definition) is 5. The lowest BCUT2D eigenvalue weighted by molar-refractivity contribution is 0.268. The molecule has 6 heteroatoms. The Labute approximate surface area is 152 Å². The van der Waals surface area contributed by atoms with Crippen LogP contribution in [-0.4, -0.2) is 26.5 Å². The van der Waals surface area contributed by atoms with E-state index in [1.807, 2.05) is 11.6 Å². The summed E-state index contributed by atoms with van der Waals surface area (Å²) in [7, 11) is 0. The number of aliphatic hydroxyl groups is 1. The molecule has 0 aliphatic rings. The number of rotatable bonds is 5. The first kappa shape index (κ1) is 17.9. The van der Waals surface area contributed by atoms with Crippen molar-refractivity contribution in [3.63, 3.8) is 0 Å². The van der Waals surface area contributed by atoms with Gasteiger partial charge in [-0.15, -0.1) is 11.3 Å². The van der Waals surface area contributed by atoms with E-state index in [4.69, 9.17) is 10.1 Å². The largest absolute Gasteiger partial charge is 0.394 e. The van der Waals surface area contributed by atoms with Gasteiger partial charge in [0.2, 0.25) is 0 Å². The number of aromatic nitrogens is 3. The van der Waals surface area contributed by atoms with Gasteiger partial charge in [0.15, 0.2) is 0 Å². The van der Waals surface area contributed by atoms with Crippen molar-refractivity contribution in [1.82, 2.24) is 14.8 Å². The Morgan fingerprint density at radius 3 is 2.68 bits per heavy atom. The number of hydrogen-bond donors (Lipinski definition) is 2. The lowest BCUT2D eigenvalue weighted by atomic mass is 9.98. The summed E-state index contributed by atoms with van der Waals surface area (Å²) in [4.78, 5) is 4.75. The molecule has 0 saturated heterocycles. The molecule has 25 heavy (non-hydrogen) atoms. The van der Waals surface area contributed by atoms with Crippen molar-refractivity contribution in [3.05, 3.63) is 40.2 Å². The monoisotopic (exact) mass is 358 g/mol. The molecule has 134 valence electrons. The van der Waals surface area contributed by atoms with E-state index < -0.39 is 0 Å². The Morgan fingerprint density at radius 2 is 2.00 bits per heavy atom. The van der Waals surface area contributed by atoms with Crippen LogP contribution < -0.4 is 5.32 Å². The maximum absolute atomic E-state index is 9.13. The van der Waals surface area contributed by atoms with Crippen LogP contribution in [0.3, 0.4) is 0 Å². The van der Waals surface area contributed by atoms with Crippen molar-refractivity contribution < 1.29 is 5.11 Å². The van der Waals surface area contributed by atoms with E-state index in [1.54, 1.807) is 11.3 Å². The number of aryl methyl sites for hydroxylation is 1. The second-order valence-electron chi connectivity index (χ2n) is 7.40. The van der Waals surface area contributed by atoms with Gasteiger partial charge in [0.1, 0.15) is 0 Å². The molecule has 0 fully saturated rings. The molecule has 0 aliphatic heterocycles. The molecule has 2 heterocycles. The summed E-state index contributed by atoms with van der Waals surface area (Å²) >= 11 is 1.76. The van der Waals surface area contributed by atoms with Crippen LogP contribution in [0.5, 0.6) is 0 Å². The summed E-state index contributed by atoms with van der Waals surface area (Å²) in [5.74, 6) is 0. The highest BCUT2D eigenvalue weighted by atomic mass is 32.1. The van der Waals surface area contributed by atoms with Crippen LogP contribution in [0.1, 0.15) is 42.7 Å². The van der Waals surface area contributed by atoms with E-state index in [9.17, 15) is 0 Å². The van der Waals surface area contributed by atoms with E-state index >= 15 is 0 Å². The summed E-state index contributed by atoms with van der Waals surface area (Å²) < 4.78 is 3.08. The predicted molar refractivity (Wildman–Crippen MR) is 104 cm³/mol. The zero-order valence-corrected chi connectivity index (χ0v) is 16.4. The molecule has 5 nitrogen and oxygen atoms in total. The maximum atomic E-state index is 9.13. The SMILES string of the molecule is Cc1nn(CCO)c(C)c1CNc1ccc2nc(C(C)(C)C)sc2c1. The average Bonchev–Trinajstić information content (AvgIpc) is 3.08. The first-order chi connectivity index (χ1) is 11.8. The van der Waals surface area contributed by atoms with Gasteiger partial charge in [-0.2, -0.15) is 5.10 Å². The van der Waals surface area contributed by atoms with E-state index in [1.165, 1.54) is 10.3 Å². The smallest absolute Gasteiger partial charge is 0.0992 e. The first-order valence-electron chi connectivity index (χ1n) is 8.58. The van der Waals surface area contributed by atoms with Gasteiger partial charge in [-0.05, 0) is 32.0 Å². The number of benzene rings is 1. The van der Waals surface area contributed by atoms with Crippen LogP contribution in [0.15, 0.2) is 18.2 Å². The number of nitrogens with one attached hydrogen (secondary N) is 1. The first-order valence-corrected chi connectivity index (χ1v) is 9.40. The average molecular weight is 359 g/mol. The van der Waals surface area contributed by atoms with Crippen molar-refractivity contribution in [3.8, 4) is 0 Å². The van der Waals surface area contributed by atoms with Crippen LogP contribution >= 0.6 is 11.3 Å². The minimum Gasteiger partial charge on any atom is -0.394 e. The van der Waals surface area contributed by atoms with Crippen molar-refractivity contribution in [2.75, 3.05) is 11.9 Å². The van der Waals surface area contributed by atoms with Crippen LogP contribution in [0.25, 0.3) is 10.2 Å². The standard InChI is InChI=1S/C19H26N4OS/c1-12-15(13(2)23(22-12)8-9-24)11-20-14-6-7-16-17(10-14)25-18(21-16)19(3,4)5/h6-7,10,20,24H,8-9,11H2,1-5H3. The van der Waals surface area contributed by atoms with Gasteiger partial charge >= 0.3 is 0 Å². The summed E-state index contributed by atoms with van der Waals surface area (Å²) in [5, 5.41) is 18.3. The minimum atomic E-state index is 0.0762. The van der Waals surface area contributed by atoms with Gasteiger partial charge in [-0.3, -0.25) is 4.68 Å². The molecule has 0 aliphatic carbocycles. The normalized spacial score (nSPS) is 12.1. The van der Waals surface area contributed by atoms with Crippen LogP contribution in [0.4, 0.5) is 5.69 Å². The van der Waals surface area contributed by atoms with Crippen molar-refractivity contribution in [2.45, 2.75) is 53.1 Å². The fourth-order valence-electron chi connectivity index (χ4n) is 2.85. The van der Waals surface area contributed by atoms with Crippen LogP contribution in [0, 0.1) is 13.8 Å². The zero-order chi connectivity index (χ0) is 18.2. The highest BCUT2D eigenvalue weighted by molar-refractivity contribution is 7.18. The van der Waals surface area contributed by atoms with Gasteiger partial charge in [-0.25, -0.2) is 4.98 Å². The quantitative estimate of drug-likeness (QED) is 0.723. The third-order valence-corrected chi connectivity index (χ3v) is 5.79. The Hall–Kier alpha value is -1.92. The number of anilines is 1. The Kier molecular flexibility index (Phi) is 4.84. The molecular formula is C19H26N4OS. The summed E-state index contributed by atoms with van der Waals surface area (Å²) in [5.41, 5.74) is 5.52. The maximum Gasteiger partial charge on any atom is 0.0992 e.